The van der Waals surface area contributed by atoms with Crippen LogP contribution in [0.5, 0.6) is 11.5 Å². The maximum absolute atomic E-state index is 13.6. The molecule has 0 saturated heterocycles. The standard InChI is InChI=1S/C25H31NO4.C24H30N2O4/c1-18-7-9-19(10-8-18)17-22(23(27)30-3)26-24(28)25(15-5-4-6-16-25)20-11-13-21(29-2)14-12-20;1-29-20-12-8-18(9-13-20)24(14-4-3-5-15-24)23(28)26-21(22(27)30-2)16-17-6-10-19(25)11-7-17/h7-14,22H,4-6,15-17H2,1-3H3,(H,26,28);6-13,21H,3-5,14-16,25H2,1-2H3,(H,26,28). The summed E-state index contributed by atoms with van der Waals surface area (Å²) in [4.78, 5) is 52.1. The van der Waals surface area contributed by atoms with E-state index in [1.54, 1.807) is 26.4 Å². The Bertz CT molecular complexity index is 1850. The Labute approximate surface area is 354 Å². The van der Waals surface area contributed by atoms with Gasteiger partial charge in [0, 0.05) is 18.5 Å². The van der Waals surface area contributed by atoms with Gasteiger partial charge in [-0.15, -0.1) is 0 Å². The lowest BCUT2D eigenvalue weighted by Crippen LogP contribution is -2.52. The molecule has 2 unspecified atom stereocenters. The third kappa shape index (κ3) is 11.2. The molecular formula is C49H61N3O8. The lowest BCUT2D eigenvalue weighted by atomic mass is 9.68. The fourth-order valence-corrected chi connectivity index (χ4v) is 8.54. The summed E-state index contributed by atoms with van der Waals surface area (Å²) in [5.41, 5.74) is 10.1. The molecule has 11 nitrogen and oxygen atoms in total. The number of amides is 2. The highest BCUT2D eigenvalue weighted by Gasteiger charge is 2.44. The average Bonchev–Trinajstić information content (AvgIpc) is 3.30. The molecule has 2 amide bonds. The zero-order chi connectivity index (χ0) is 43.1. The first kappa shape index (κ1) is 45.2. The van der Waals surface area contributed by atoms with Crippen LogP contribution < -0.4 is 25.8 Å². The molecule has 6 rings (SSSR count). The Kier molecular flexibility index (Phi) is 16.2. The monoisotopic (exact) mass is 819 g/mol. The lowest BCUT2D eigenvalue weighted by Gasteiger charge is -2.37. The molecule has 2 fully saturated rings. The summed E-state index contributed by atoms with van der Waals surface area (Å²) in [6, 6.07) is 29.2. The molecule has 0 heterocycles. The minimum atomic E-state index is -0.761. The van der Waals surface area contributed by atoms with E-state index in [-0.39, 0.29) is 11.8 Å². The van der Waals surface area contributed by atoms with Crippen molar-refractivity contribution in [3.05, 3.63) is 125 Å². The van der Waals surface area contributed by atoms with Gasteiger partial charge in [0.2, 0.25) is 11.8 Å². The number of anilines is 1. The van der Waals surface area contributed by atoms with Crippen LogP contribution in [0.3, 0.4) is 0 Å². The highest BCUT2D eigenvalue weighted by atomic mass is 16.5. The quantitative estimate of drug-likeness (QED) is 0.0868. The molecule has 4 N–H and O–H groups in total. The van der Waals surface area contributed by atoms with E-state index in [0.717, 1.165) is 104 Å². The van der Waals surface area contributed by atoms with Gasteiger partial charge in [0.05, 0.1) is 39.3 Å². The number of aryl methyl sites for hydroxylation is 1. The SMILES string of the molecule is COC(=O)C(Cc1ccc(C)cc1)NC(=O)C1(c2ccc(OC)cc2)CCCCC1.COC(=O)C(Cc1ccc(N)cc1)NC(=O)C1(c2ccc(OC)cc2)CCCCC1. The smallest absolute Gasteiger partial charge is 0.328 e. The maximum atomic E-state index is 13.6. The van der Waals surface area contributed by atoms with Gasteiger partial charge in [-0.2, -0.15) is 0 Å². The van der Waals surface area contributed by atoms with Crippen molar-refractivity contribution in [2.45, 2.75) is 107 Å². The van der Waals surface area contributed by atoms with Crippen molar-refractivity contribution in [3.8, 4) is 11.5 Å². The predicted molar refractivity (Wildman–Crippen MR) is 233 cm³/mol. The molecule has 11 heteroatoms. The summed E-state index contributed by atoms with van der Waals surface area (Å²) in [7, 11) is 5.95. The molecule has 0 aliphatic heterocycles. The van der Waals surface area contributed by atoms with E-state index in [4.69, 9.17) is 24.7 Å². The number of nitrogens with one attached hydrogen (secondary N) is 2. The topological polar surface area (TPSA) is 155 Å². The number of methoxy groups -OCH3 is 4. The highest BCUT2D eigenvalue weighted by molar-refractivity contribution is 5.93. The van der Waals surface area contributed by atoms with E-state index in [0.29, 0.717) is 18.5 Å². The van der Waals surface area contributed by atoms with Crippen molar-refractivity contribution in [2.24, 2.45) is 0 Å². The molecule has 4 aromatic carbocycles. The van der Waals surface area contributed by atoms with Crippen LogP contribution in [0.25, 0.3) is 0 Å². The van der Waals surface area contributed by atoms with Crippen LogP contribution in [-0.4, -0.2) is 64.3 Å². The van der Waals surface area contributed by atoms with Gasteiger partial charge in [0.15, 0.2) is 0 Å². The molecule has 60 heavy (non-hydrogen) atoms. The second kappa shape index (κ2) is 21.4. The van der Waals surface area contributed by atoms with Gasteiger partial charge in [-0.1, -0.05) is 105 Å². The van der Waals surface area contributed by atoms with Gasteiger partial charge in [0.1, 0.15) is 23.6 Å². The number of hydrogen-bond donors (Lipinski definition) is 3. The minimum absolute atomic E-state index is 0.102. The van der Waals surface area contributed by atoms with Gasteiger partial charge in [-0.3, -0.25) is 9.59 Å². The highest BCUT2D eigenvalue weighted by Crippen LogP contribution is 2.42. The van der Waals surface area contributed by atoms with E-state index in [9.17, 15) is 19.2 Å². The lowest BCUT2D eigenvalue weighted by molar-refractivity contribution is -0.146. The number of hydrogen-bond acceptors (Lipinski definition) is 9. The van der Waals surface area contributed by atoms with Crippen molar-refractivity contribution >= 4 is 29.4 Å². The fourth-order valence-electron chi connectivity index (χ4n) is 8.54. The van der Waals surface area contributed by atoms with Crippen molar-refractivity contribution < 1.29 is 38.1 Å². The Morgan fingerprint density at radius 1 is 0.533 bits per heavy atom. The van der Waals surface area contributed by atoms with E-state index >= 15 is 0 Å². The third-order valence-corrected chi connectivity index (χ3v) is 12.1. The molecule has 2 aliphatic carbocycles. The number of nitrogen functional groups attached to an aromatic ring is 1. The van der Waals surface area contributed by atoms with Crippen LogP contribution in [0.1, 0.15) is 92.0 Å². The van der Waals surface area contributed by atoms with Gasteiger partial charge >= 0.3 is 11.9 Å². The first-order chi connectivity index (χ1) is 29.0. The van der Waals surface area contributed by atoms with Gasteiger partial charge in [-0.25, -0.2) is 9.59 Å². The first-order valence-electron chi connectivity index (χ1n) is 20.9. The number of carbonyl (C=O) groups excluding carboxylic acids is 4. The number of benzene rings is 4. The summed E-state index contributed by atoms with van der Waals surface area (Å²) in [6.45, 7) is 2.02. The molecule has 0 bridgehead atoms. The molecule has 4 aromatic rings. The molecule has 0 spiro atoms. The van der Waals surface area contributed by atoms with Crippen LogP contribution >= 0.6 is 0 Å². The number of carbonyl (C=O) groups is 4. The van der Waals surface area contributed by atoms with E-state index < -0.39 is 34.9 Å². The van der Waals surface area contributed by atoms with E-state index in [2.05, 4.69) is 10.6 Å². The Hall–Kier alpha value is -5.84. The van der Waals surface area contributed by atoms with Crippen LogP contribution in [-0.2, 0) is 52.3 Å². The summed E-state index contributed by atoms with van der Waals surface area (Å²) >= 11 is 0. The van der Waals surface area contributed by atoms with E-state index in [1.165, 1.54) is 14.2 Å². The summed E-state index contributed by atoms with van der Waals surface area (Å²) < 4.78 is 20.5. The van der Waals surface area contributed by atoms with Gasteiger partial charge in [-0.05, 0) is 91.3 Å². The molecule has 0 aromatic heterocycles. The fraction of sp³-hybridized carbons (Fsp3) is 0.429. The van der Waals surface area contributed by atoms with Gasteiger partial charge in [0.25, 0.3) is 0 Å². The molecule has 0 radical (unpaired) electrons. The number of nitrogens with two attached hydrogens (primary N) is 1. The van der Waals surface area contributed by atoms with Crippen molar-refractivity contribution in [2.75, 3.05) is 34.2 Å². The van der Waals surface area contributed by atoms with Crippen LogP contribution in [0.15, 0.2) is 97.1 Å². The largest absolute Gasteiger partial charge is 0.497 e. The molecular weight excluding hydrogens is 759 g/mol. The Balaban J connectivity index is 0.000000228. The Morgan fingerprint density at radius 2 is 0.883 bits per heavy atom. The molecule has 320 valence electrons. The summed E-state index contributed by atoms with van der Waals surface area (Å²) in [6.07, 6.45) is 9.93. The normalized spacial score (nSPS) is 16.4. The van der Waals surface area contributed by atoms with Gasteiger partial charge < -0.3 is 35.3 Å². The predicted octanol–water partition coefficient (Wildman–Crippen LogP) is 7.49. The van der Waals surface area contributed by atoms with Crippen molar-refractivity contribution in [1.82, 2.24) is 10.6 Å². The minimum Gasteiger partial charge on any atom is -0.497 e. The van der Waals surface area contributed by atoms with Crippen LogP contribution in [0.2, 0.25) is 0 Å². The molecule has 2 saturated carbocycles. The Morgan fingerprint density at radius 3 is 1.22 bits per heavy atom. The van der Waals surface area contributed by atoms with Crippen molar-refractivity contribution in [1.29, 1.82) is 0 Å². The molecule has 2 atom stereocenters. The average molecular weight is 820 g/mol. The zero-order valence-corrected chi connectivity index (χ0v) is 35.7. The second-order valence-corrected chi connectivity index (χ2v) is 16.0. The van der Waals surface area contributed by atoms with Crippen LogP contribution in [0, 0.1) is 6.92 Å². The van der Waals surface area contributed by atoms with Crippen LogP contribution in [0.4, 0.5) is 5.69 Å². The first-order valence-corrected chi connectivity index (χ1v) is 20.9. The third-order valence-electron chi connectivity index (χ3n) is 12.1. The number of ether oxygens (including phenoxy) is 4. The zero-order valence-electron chi connectivity index (χ0n) is 35.7. The number of rotatable bonds is 14. The molecule has 2 aliphatic rings. The number of esters is 2. The second-order valence-electron chi connectivity index (χ2n) is 16.0. The summed E-state index contributed by atoms with van der Waals surface area (Å²) in [5.74, 6) is 0.399. The van der Waals surface area contributed by atoms with Crippen molar-refractivity contribution in [3.63, 3.8) is 0 Å². The van der Waals surface area contributed by atoms with E-state index in [1.807, 2.05) is 91.9 Å². The maximum Gasteiger partial charge on any atom is 0.328 e. The summed E-state index contributed by atoms with van der Waals surface area (Å²) in [5, 5.41) is 6.02.